The lowest BCUT2D eigenvalue weighted by Crippen LogP contribution is -2.50. The van der Waals surface area contributed by atoms with Crippen molar-refractivity contribution in [2.24, 2.45) is 0 Å². The highest BCUT2D eigenvalue weighted by molar-refractivity contribution is 7.89. The zero-order chi connectivity index (χ0) is 15.9. The number of hydrogen-bond acceptors (Lipinski definition) is 5. The molecule has 0 aliphatic carbocycles. The summed E-state index contributed by atoms with van der Waals surface area (Å²) in [7, 11) is -3.65. The van der Waals surface area contributed by atoms with Crippen molar-refractivity contribution >= 4 is 21.6 Å². The summed E-state index contributed by atoms with van der Waals surface area (Å²) in [6.45, 7) is 4.27. The normalized spacial score (nSPS) is 26.0. The Kier molecular flexibility index (Phi) is 3.84. The highest BCUT2D eigenvalue weighted by Crippen LogP contribution is 2.32. The van der Waals surface area contributed by atoms with E-state index in [0.717, 1.165) is 0 Å². The fourth-order valence-corrected chi connectivity index (χ4v) is 4.28. The average Bonchev–Trinajstić information content (AvgIpc) is 2.48. The van der Waals surface area contributed by atoms with Gasteiger partial charge in [0.25, 0.3) is 5.91 Å². The minimum atomic E-state index is -3.65. The van der Waals surface area contributed by atoms with Gasteiger partial charge in [-0.1, -0.05) is 0 Å². The summed E-state index contributed by atoms with van der Waals surface area (Å²) in [5.41, 5.74) is 0.381. The predicted molar refractivity (Wildman–Crippen MR) is 79.3 cm³/mol. The second kappa shape index (κ2) is 5.53. The predicted octanol–water partition coefficient (Wildman–Crippen LogP) is 0.815. The van der Waals surface area contributed by atoms with Crippen molar-refractivity contribution in [1.82, 2.24) is 4.31 Å². The van der Waals surface area contributed by atoms with Crippen molar-refractivity contribution in [2.45, 2.75) is 30.9 Å². The minimum Gasteiger partial charge on any atom is -0.482 e. The van der Waals surface area contributed by atoms with Gasteiger partial charge in [-0.2, -0.15) is 4.31 Å². The van der Waals surface area contributed by atoms with Gasteiger partial charge in [-0.05, 0) is 32.0 Å². The first kappa shape index (κ1) is 15.3. The maximum atomic E-state index is 12.8. The summed E-state index contributed by atoms with van der Waals surface area (Å²) in [4.78, 5) is 11.5. The number of ether oxygens (including phenoxy) is 2. The van der Waals surface area contributed by atoms with E-state index in [4.69, 9.17) is 9.47 Å². The highest BCUT2D eigenvalue weighted by Gasteiger charge is 2.34. The number of morpholine rings is 1. The Morgan fingerprint density at radius 2 is 2.09 bits per heavy atom. The van der Waals surface area contributed by atoms with E-state index in [-0.39, 0.29) is 29.6 Å². The van der Waals surface area contributed by atoms with Crippen LogP contribution in [-0.2, 0) is 19.6 Å². The van der Waals surface area contributed by atoms with Crippen LogP contribution in [0.5, 0.6) is 5.75 Å². The largest absolute Gasteiger partial charge is 0.482 e. The Morgan fingerprint density at radius 1 is 1.32 bits per heavy atom. The SMILES string of the molecule is C[C@@H]1CN(S(=O)(=O)c2ccc3c(c2)NC(=O)CO3)[C@@H](C)CO1. The van der Waals surface area contributed by atoms with Crippen LogP contribution in [0.25, 0.3) is 0 Å². The number of carbonyl (C=O) groups is 1. The van der Waals surface area contributed by atoms with Crippen LogP contribution in [-0.4, -0.2) is 50.5 Å². The Hall–Kier alpha value is -1.64. The third kappa shape index (κ3) is 2.69. The Morgan fingerprint density at radius 3 is 2.86 bits per heavy atom. The molecule has 120 valence electrons. The lowest BCUT2D eigenvalue weighted by atomic mass is 10.2. The lowest BCUT2D eigenvalue weighted by Gasteiger charge is -2.35. The topological polar surface area (TPSA) is 84.9 Å². The fraction of sp³-hybridized carbons (Fsp3) is 0.500. The van der Waals surface area contributed by atoms with Gasteiger partial charge in [0.1, 0.15) is 5.75 Å². The molecule has 7 nitrogen and oxygen atoms in total. The van der Waals surface area contributed by atoms with Crippen LogP contribution in [0.15, 0.2) is 23.1 Å². The van der Waals surface area contributed by atoms with Gasteiger partial charge >= 0.3 is 0 Å². The fourth-order valence-electron chi connectivity index (χ4n) is 2.57. The smallest absolute Gasteiger partial charge is 0.262 e. The molecule has 2 atom stereocenters. The van der Waals surface area contributed by atoms with Gasteiger partial charge in [0, 0.05) is 12.6 Å². The van der Waals surface area contributed by atoms with Crippen molar-refractivity contribution in [3.05, 3.63) is 18.2 Å². The summed E-state index contributed by atoms with van der Waals surface area (Å²) in [5, 5.41) is 2.62. The van der Waals surface area contributed by atoms with Gasteiger partial charge in [0.2, 0.25) is 10.0 Å². The van der Waals surface area contributed by atoms with Gasteiger partial charge in [-0.3, -0.25) is 4.79 Å². The first-order valence-electron chi connectivity index (χ1n) is 7.08. The maximum Gasteiger partial charge on any atom is 0.262 e. The number of rotatable bonds is 2. The molecule has 2 aliphatic heterocycles. The van der Waals surface area contributed by atoms with Crippen LogP contribution < -0.4 is 10.1 Å². The van der Waals surface area contributed by atoms with Crippen molar-refractivity contribution < 1.29 is 22.7 Å². The second-order valence-electron chi connectivity index (χ2n) is 5.56. The standard InChI is InChI=1S/C14H18N2O5S/c1-9-7-20-10(2)6-16(9)22(18,19)11-3-4-13-12(5-11)15-14(17)8-21-13/h3-5,9-10H,6-8H2,1-2H3,(H,15,17)/t9-,10+/m0/s1. The molecular formula is C14H18N2O5S. The van der Waals surface area contributed by atoms with E-state index in [2.05, 4.69) is 5.32 Å². The first-order valence-corrected chi connectivity index (χ1v) is 8.52. The van der Waals surface area contributed by atoms with Crippen molar-refractivity contribution in [3.63, 3.8) is 0 Å². The third-order valence-electron chi connectivity index (χ3n) is 3.74. The molecule has 2 heterocycles. The number of anilines is 1. The molecule has 0 spiro atoms. The molecule has 1 amide bonds. The van der Waals surface area contributed by atoms with Crippen molar-refractivity contribution in [2.75, 3.05) is 25.1 Å². The molecule has 1 aromatic rings. The van der Waals surface area contributed by atoms with Crippen LogP contribution >= 0.6 is 0 Å². The van der Waals surface area contributed by atoms with Crippen LogP contribution in [0, 0.1) is 0 Å². The number of amides is 1. The molecule has 0 bridgehead atoms. The Bertz CT molecular complexity index is 703. The highest BCUT2D eigenvalue weighted by atomic mass is 32.2. The van der Waals surface area contributed by atoms with E-state index < -0.39 is 10.0 Å². The summed E-state index contributed by atoms with van der Waals surface area (Å²) in [5.74, 6) is 0.178. The molecule has 0 saturated carbocycles. The summed E-state index contributed by atoms with van der Waals surface area (Å²) >= 11 is 0. The van der Waals surface area contributed by atoms with Gasteiger partial charge < -0.3 is 14.8 Å². The molecule has 1 N–H and O–H groups in total. The zero-order valence-corrected chi connectivity index (χ0v) is 13.2. The molecule has 0 radical (unpaired) electrons. The Balaban J connectivity index is 1.95. The van der Waals surface area contributed by atoms with Crippen LogP contribution in [0.1, 0.15) is 13.8 Å². The quantitative estimate of drug-likeness (QED) is 0.869. The number of fused-ring (bicyclic) bond motifs is 1. The van der Waals surface area contributed by atoms with E-state index in [1.54, 1.807) is 6.07 Å². The molecule has 22 heavy (non-hydrogen) atoms. The average molecular weight is 326 g/mol. The van der Waals surface area contributed by atoms with E-state index in [1.165, 1.54) is 16.4 Å². The van der Waals surface area contributed by atoms with Gasteiger partial charge in [-0.25, -0.2) is 8.42 Å². The molecule has 1 fully saturated rings. The van der Waals surface area contributed by atoms with Crippen LogP contribution in [0.3, 0.4) is 0 Å². The molecular weight excluding hydrogens is 308 g/mol. The number of benzene rings is 1. The van der Waals surface area contributed by atoms with Crippen molar-refractivity contribution in [1.29, 1.82) is 0 Å². The van der Waals surface area contributed by atoms with Crippen LogP contribution in [0.4, 0.5) is 5.69 Å². The van der Waals surface area contributed by atoms with Gasteiger partial charge in [0.15, 0.2) is 6.61 Å². The lowest BCUT2D eigenvalue weighted by molar-refractivity contribution is -0.118. The molecule has 8 heteroatoms. The summed E-state index contributed by atoms with van der Waals surface area (Å²) < 4.78 is 37.8. The van der Waals surface area contributed by atoms with E-state index >= 15 is 0 Å². The molecule has 3 rings (SSSR count). The summed E-state index contributed by atoms with van der Waals surface area (Å²) in [6, 6.07) is 4.27. The Labute approximate surface area is 129 Å². The second-order valence-corrected chi connectivity index (χ2v) is 7.45. The van der Waals surface area contributed by atoms with E-state index in [9.17, 15) is 13.2 Å². The maximum absolute atomic E-state index is 12.8. The number of nitrogens with one attached hydrogen (secondary N) is 1. The number of nitrogens with zero attached hydrogens (tertiary/aromatic N) is 1. The zero-order valence-electron chi connectivity index (χ0n) is 12.4. The van der Waals surface area contributed by atoms with Crippen LogP contribution in [0.2, 0.25) is 0 Å². The van der Waals surface area contributed by atoms with Gasteiger partial charge in [0.05, 0.1) is 23.3 Å². The van der Waals surface area contributed by atoms with Gasteiger partial charge in [-0.15, -0.1) is 0 Å². The molecule has 1 aromatic carbocycles. The number of sulfonamides is 1. The minimum absolute atomic E-state index is 0.0584. The summed E-state index contributed by atoms with van der Waals surface area (Å²) in [6.07, 6.45) is -0.147. The van der Waals surface area contributed by atoms with E-state index in [0.29, 0.717) is 24.6 Å². The third-order valence-corrected chi connectivity index (χ3v) is 5.72. The van der Waals surface area contributed by atoms with Crippen molar-refractivity contribution in [3.8, 4) is 5.75 Å². The molecule has 1 saturated heterocycles. The number of carbonyl (C=O) groups excluding carboxylic acids is 1. The number of hydrogen-bond donors (Lipinski definition) is 1. The molecule has 0 aromatic heterocycles. The molecule has 2 aliphatic rings. The van der Waals surface area contributed by atoms with E-state index in [1.807, 2.05) is 13.8 Å². The first-order chi connectivity index (χ1) is 10.4. The molecule has 0 unspecified atom stereocenters. The monoisotopic (exact) mass is 326 g/mol.